The van der Waals surface area contributed by atoms with E-state index in [9.17, 15) is 14.4 Å². The number of benzene rings is 1. The molecule has 7 heteroatoms. The quantitative estimate of drug-likeness (QED) is 0.750. The Morgan fingerprint density at radius 3 is 2.52 bits per heavy atom. The van der Waals surface area contributed by atoms with Crippen molar-refractivity contribution >= 4 is 17.8 Å². The summed E-state index contributed by atoms with van der Waals surface area (Å²) >= 11 is 0. The zero-order valence-corrected chi connectivity index (χ0v) is 12.3. The fraction of sp³-hybridized carbons (Fsp3) is 0.438. The minimum atomic E-state index is -0.756. The van der Waals surface area contributed by atoms with Gasteiger partial charge >= 0.3 is 5.97 Å². The Balaban J connectivity index is 1.50. The molecule has 3 aliphatic heterocycles. The molecule has 1 aromatic rings. The van der Waals surface area contributed by atoms with Crippen LogP contribution in [0.25, 0.3) is 0 Å². The Kier molecular flexibility index (Phi) is 3.39. The lowest BCUT2D eigenvalue weighted by Gasteiger charge is -2.26. The van der Waals surface area contributed by atoms with Gasteiger partial charge in [0.25, 0.3) is 11.8 Å². The maximum atomic E-state index is 12.4. The van der Waals surface area contributed by atoms with Crippen LogP contribution in [0.2, 0.25) is 0 Å². The maximum Gasteiger partial charge on any atom is 0.361 e. The first-order valence-electron chi connectivity index (χ1n) is 7.56. The molecule has 23 heavy (non-hydrogen) atoms. The molecule has 0 radical (unpaired) electrons. The van der Waals surface area contributed by atoms with Gasteiger partial charge in [0.1, 0.15) is 0 Å². The number of imide groups is 1. The highest BCUT2D eigenvalue weighted by Gasteiger charge is 2.46. The first kappa shape index (κ1) is 14.3. The molecule has 0 aliphatic carbocycles. The van der Waals surface area contributed by atoms with Crippen LogP contribution in [0, 0.1) is 11.8 Å². The molecule has 2 amide bonds. The molecule has 3 aliphatic rings. The van der Waals surface area contributed by atoms with Crippen LogP contribution in [-0.2, 0) is 19.1 Å². The monoisotopic (exact) mass is 317 g/mol. The number of amides is 2. The number of carbonyl (C=O) groups is 3. The van der Waals surface area contributed by atoms with Gasteiger partial charge in [0.15, 0.2) is 6.10 Å². The van der Waals surface area contributed by atoms with Gasteiger partial charge in [0.2, 0.25) is 0 Å². The molecule has 7 nitrogen and oxygen atoms in total. The third kappa shape index (κ3) is 2.24. The summed E-state index contributed by atoms with van der Waals surface area (Å²) in [6, 6.07) is 6.37. The number of fused-ring (bicyclic) bond motifs is 2. The van der Waals surface area contributed by atoms with Crippen LogP contribution in [0.3, 0.4) is 0 Å². The van der Waals surface area contributed by atoms with Gasteiger partial charge in [-0.05, 0) is 18.6 Å². The third-order valence-electron chi connectivity index (χ3n) is 4.58. The number of rotatable bonds is 2. The Bertz CT molecular complexity index is 652. The maximum absolute atomic E-state index is 12.4. The number of ether oxygens (including phenoxy) is 2. The first-order chi connectivity index (χ1) is 11.2. The largest absolute Gasteiger partial charge is 0.381 e. The van der Waals surface area contributed by atoms with E-state index in [1.807, 2.05) is 0 Å². The van der Waals surface area contributed by atoms with Crippen LogP contribution in [0.1, 0.15) is 27.1 Å². The van der Waals surface area contributed by atoms with Crippen molar-refractivity contribution in [2.75, 3.05) is 19.8 Å². The highest BCUT2D eigenvalue weighted by Crippen LogP contribution is 2.34. The summed E-state index contributed by atoms with van der Waals surface area (Å²) in [4.78, 5) is 41.9. The second kappa shape index (κ2) is 5.43. The normalized spacial score (nSPS) is 29.4. The summed E-state index contributed by atoms with van der Waals surface area (Å²) < 4.78 is 10.9. The standard InChI is InChI=1S/C16H15NO6/c18-14-11-3-1-2-4-12(11)15(19)17(14)23-16(20)13-10-5-6-21-7-9(10)8-22-13/h1-4,9-10,13H,5-8H2/t9-,10-,13+/m1/s1. The predicted molar refractivity (Wildman–Crippen MR) is 75.2 cm³/mol. The Hall–Kier alpha value is -2.25. The van der Waals surface area contributed by atoms with Crippen LogP contribution in [0.4, 0.5) is 0 Å². The minimum Gasteiger partial charge on any atom is -0.381 e. The van der Waals surface area contributed by atoms with E-state index >= 15 is 0 Å². The van der Waals surface area contributed by atoms with Crippen molar-refractivity contribution in [3.05, 3.63) is 35.4 Å². The number of hydroxylamine groups is 2. The van der Waals surface area contributed by atoms with Crippen LogP contribution < -0.4 is 0 Å². The van der Waals surface area contributed by atoms with Crippen LogP contribution >= 0.6 is 0 Å². The van der Waals surface area contributed by atoms with Crippen LogP contribution in [0.5, 0.6) is 0 Å². The van der Waals surface area contributed by atoms with E-state index in [1.54, 1.807) is 12.1 Å². The van der Waals surface area contributed by atoms with Crippen molar-refractivity contribution in [2.45, 2.75) is 12.5 Å². The van der Waals surface area contributed by atoms with Gasteiger partial charge in [0, 0.05) is 18.4 Å². The van der Waals surface area contributed by atoms with Crippen molar-refractivity contribution in [3.63, 3.8) is 0 Å². The van der Waals surface area contributed by atoms with Crippen molar-refractivity contribution in [1.29, 1.82) is 0 Å². The van der Waals surface area contributed by atoms with Gasteiger partial charge in [-0.3, -0.25) is 9.59 Å². The lowest BCUT2D eigenvalue weighted by Crippen LogP contribution is -2.40. The average Bonchev–Trinajstić information content (AvgIpc) is 3.11. The second-order valence-electron chi connectivity index (χ2n) is 5.90. The number of hydrogen-bond acceptors (Lipinski definition) is 6. The van der Waals surface area contributed by atoms with Gasteiger partial charge in [-0.1, -0.05) is 17.2 Å². The van der Waals surface area contributed by atoms with Gasteiger partial charge in [-0.2, -0.15) is 0 Å². The number of nitrogens with zero attached hydrogens (tertiary/aromatic N) is 1. The Morgan fingerprint density at radius 1 is 1.13 bits per heavy atom. The lowest BCUT2D eigenvalue weighted by molar-refractivity contribution is -0.181. The van der Waals surface area contributed by atoms with E-state index in [4.69, 9.17) is 14.3 Å². The highest BCUT2D eigenvalue weighted by atomic mass is 16.7. The average molecular weight is 317 g/mol. The fourth-order valence-corrected chi connectivity index (χ4v) is 3.37. The van der Waals surface area contributed by atoms with Gasteiger partial charge in [0.05, 0.1) is 24.3 Å². The molecule has 2 saturated heterocycles. The molecule has 0 bridgehead atoms. The van der Waals surface area contributed by atoms with Crippen molar-refractivity contribution in [1.82, 2.24) is 5.06 Å². The Morgan fingerprint density at radius 2 is 1.83 bits per heavy atom. The van der Waals surface area contributed by atoms with E-state index in [0.717, 1.165) is 0 Å². The number of hydrogen-bond donors (Lipinski definition) is 0. The minimum absolute atomic E-state index is 0.00596. The SMILES string of the molecule is O=C(ON1C(=O)c2ccccc2C1=O)[C@H]1OC[C@H]2COCC[C@H]21. The summed E-state index contributed by atoms with van der Waals surface area (Å²) in [6.45, 7) is 1.55. The summed E-state index contributed by atoms with van der Waals surface area (Å²) in [6.07, 6.45) is -0.0553. The lowest BCUT2D eigenvalue weighted by atomic mass is 9.87. The topological polar surface area (TPSA) is 82.1 Å². The molecule has 0 aromatic heterocycles. The third-order valence-corrected chi connectivity index (χ3v) is 4.58. The zero-order valence-electron chi connectivity index (χ0n) is 12.3. The molecule has 120 valence electrons. The summed E-state index contributed by atoms with van der Waals surface area (Å²) in [5, 5.41) is 0.531. The molecular formula is C16H15NO6. The number of carbonyl (C=O) groups excluding carboxylic acids is 3. The molecule has 0 unspecified atom stereocenters. The molecule has 3 heterocycles. The van der Waals surface area contributed by atoms with E-state index in [2.05, 4.69) is 0 Å². The van der Waals surface area contributed by atoms with E-state index in [1.165, 1.54) is 12.1 Å². The first-order valence-corrected chi connectivity index (χ1v) is 7.56. The smallest absolute Gasteiger partial charge is 0.361 e. The predicted octanol–water partition coefficient (Wildman–Crippen LogP) is 0.792. The van der Waals surface area contributed by atoms with Crippen LogP contribution in [0.15, 0.2) is 24.3 Å². The van der Waals surface area contributed by atoms with E-state index in [-0.39, 0.29) is 23.0 Å². The molecule has 0 saturated carbocycles. The van der Waals surface area contributed by atoms with Crippen molar-refractivity contribution in [2.24, 2.45) is 11.8 Å². The molecule has 3 atom stereocenters. The highest BCUT2D eigenvalue weighted by molar-refractivity contribution is 6.20. The second-order valence-corrected chi connectivity index (χ2v) is 5.90. The van der Waals surface area contributed by atoms with E-state index in [0.29, 0.717) is 31.3 Å². The molecule has 0 N–H and O–H groups in total. The Labute approximate surface area is 132 Å². The summed E-state index contributed by atoms with van der Waals surface area (Å²) in [5.41, 5.74) is 0.475. The van der Waals surface area contributed by atoms with Gasteiger partial charge < -0.3 is 14.3 Å². The summed E-state index contributed by atoms with van der Waals surface area (Å²) in [7, 11) is 0. The fourth-order valence-electron chi connectivity index (χ4n) is 3.37. The van der Waals surface area contributed by atoms with Crippen molar-refractivity contribution < 1.29 is 28.7 Å². The van der Waals surface area contributed by atoms with Crippen LogP contribution in [-0.4, -0.2) is 48.8 Å². The zero-order chi connectivity index (χ0) is 16.0. The van der Waals surface area contributed by atoms with Gasteiger partial charge in [-0.25, -0.2) is 4.79 Å². The molecule has 0 spiro atoms. The summed E-state index contributed by atoms with van der Waals surface area (Å²) in [5.74, 6) is -1.79. The molecule has 2 fully saturated rings. The molecule has 1 aromatic carbocycles. The molecular weight excluding hydrogens is 302 g/mol. The van der Waals surface area contributed by atoms with E-state index < -0.39 is 23.9 Å². The molecule has 4 rings (SSSR count). The van der Waals surface area contributed by atoms with Gasteiger partial charge in [-0.15, -0.1) is 0 Å². The van der Waals surface area contributed by atoms with Crippen molar-refractivity contribution in [3.8, 4) is 0 Å².